The van der Waals surface area contributed by atoms with Gasteiger partial charge in [-0.05, 0) is 47.6 Å². The molecular weight excluding hydrogens is 525 g/mol. The van der Waals surface area contributed by atoms with Crippen molar-refractivity contribution >= 4 is 23.0 Å². The van der Waals surface area contributed by atoms with Crippen LogP contribution in [0.25, 0.3) is 5.57 Å². The van der Waals surface area contributed by atoms with Crippen molar-refractivity contribution in [2.45, 2.75) is 25.1 Å². The molecule has 2 aliphatic heterocycles. The molecule has 2 aliphatic rings. The molecule has 0 spiro atoms. The van der Waals surface area contributed by atoms with Crippen LogP contribution >= 0.6 is 11.6 Å². The van der Waals surface area contributed by atoms with Gasteiger partial charge in [0.2, 0.25) is 10.9 Å². The predicted octanol–water partition coefficient (Wildman–Crippen LogP) is 5.54. The minimum atomic E-state index is -4.82. The van der Waals surface area contributed by atoms with Crippen molar-refractivity contribution in [1.82, 2.24) is 4.90 Å². The molecule has 13 heteroatoms. The summed E-state index contributed by atoms with van der Waals surface area (Å²) in [5, 5.41) is 11.2. The number of rotatable bonds is 10. The van der Waals surface area contributed by atoms with Crippen molar-refractivity contribution in [2.24, 2.45) is 5.10 Å². The normalized spacial score (nSPS) is 19.2. The Morgan fingerprint density at radius 2 is 1.78 bits per heavy atom. The van der Waals surface area contributed by atoms with E-state index < -0.39 is 29.4 Å². The SMILES string of the molecule is OC(COCCC1N2C=C(c3ccc(OC(F)(F)F)cc3)C=CC2=N[N+]1(F)F)COc1ccccc1Cl. The van der Waals surface area contributed by atoms with Gasteiger partial charge >= 0.3 is 6.36 Å². The second kappa shape index (κ2) is 11.1. The number of para-hydroxylation sites is 1. The van der Waals surface area contributed by atoms with Crippen LogP contribution in [0.3, 0.4) is 0 Å². The van der Waals surface area contributed by atoms with Gasteiger partial charge in [0.05, 0.1) is 33.6 Å². The summed E-state index contributed by atoms with van der Waals surface area (Å²) < 4.78 is 81.0. The van der Waals surface area contributed by atoms with Gasteiger partial charge in [-0.2, -0.15) is 0 Å². The van der Waals surface area contributed by atoms with Crippen LogP contribution in [-0.4, -0.2) is 59.3 Å². The van der Waals surface area contributed by atoms with Crippen LogP contribution in [0, 0.1) is 0 Å². The average Bonchev–Trinajstić information content (AvgIpc) is 3.09. The molecule has 0 bridgehead atoms. The lowest BCUT2D eigenvalue weighted by Gasteiger charge is -2.24. The van der Waals surface area contributed by atoms with E-state index in [2.05, 4.69) is 9.84 Å². The Labute approximate surface area is 213 Å². The number of hydrogen-bond donors (Lipinski definition) is 1. The van der Waals surface area contributed by atoms with Gasteiger partial charge in [-0.3, -0.25) is 4.90 Å². The maximum Gasteiger partial charge on any atom is 0.573 e. The third-order valence-electron chi connectivity index (χ3n) is 5.39. The first-order valence-corrected chi connectivity index (χ1v) is 11.5. The summed E-state index contributed by atoms with van der Waals surface area (Å²) in [6.07, 6.45) is -2.96. The van der Waals surface area contributed by atoms with Crippen LogP contribution in [0.15, 0.2) is 72.0 Å². The second-order valence-corrected chi connectivity index (χ2v) is 8.53. The van der Waals surface area contributed by atoms with Crippen molar-refractivity contribution in [3.63, 3.8) is 0 Å². The third-order valence-corrected chi connectivity index (χ3v) is 5.70. The quantitative estimate of drug-likeness (QED) is 0.241. The third kappa shape index (κ3) is 6.98. The lowest BCUT2D eigenvalue weighted by atomic mass is 10.0. The fourth-order valence-corrected chi connectivity index (χ4v) is 3.89. The fraction of sp³-hybridized carbons (Fsp3) is 0.292. The Hall–Kier alpha value is -3.19. The van der Waals surface area contributed by atoms with E-state index >= 15 is 0 Å². The van der Waals surface area contributed by atoms with Crippen molar-refractivity contribution in [1.29, 1.82) is 0 Å². The summed E-state index contributed by atoms with van der Waals surface area (Å²) in [6, 6.07) is 11.8. The second-order valence-electron chi connectivity index (χ2n) is 8.12. The number of hydrogen-bond acceptors (Lipinski definition) is 6. The van der Waals surface area contributed by atoms with Gasteiger partial charge in [0.25, 0.3) is 6.17 Å². The summed E-state index contributed by atoms with van der Waals surface area (Å²) in [6.45, 7) is -0.337. The number of fused-ring (bicyclic) bond motifs is 1. The molecule has 2 aromatic carbocycles. The number of aliphatic hydroxyl groups is 1. The van der Waals surface area contributed by atoms with Crippen LogP contribution < -0.4 is 9.47 Å². The minimum absolute atomic E-state index is 0.0314. The number of benzene rings is 2. The van der Waals surface area contributed by atoms with Gasteiger partial charge < -0.3 is 19.3 Å². The molecule has 2 aromatic rings. The van der Waals surface area contributed by atoms with Gasteiger partial charge in [-0.25, -0.2) is 0 Å². The van der Waals surface area contributed by atoms with E-state index in [0.717, 1.165) is 12.1 Å². The number of quaternary nitrogens is 1. The molecule has 0 fully saturated rings. The molecule has 2 heterocycles. The molecule has 0 radical (unpaired) electrons. The maximum absolute atomic E-state index is 14.6. The number of nitrogens with zero attached hydrogens (tertiary/aromatic N) is 3. The van der Waals surface area contributed by atoms with Crippen molar-refractivity contribution in [2.75, 3.05) is 19.8 Å². The Morgan fingerprint density at radius 1 is 1.05 bits per heavy atom. The molecule has 0 aliphatic carbocycles. The van der Waals surface area contributed by atoms with Crippen LogP contribution in [-0.2, 0) is 4.74 Å². The van der Waals surface area contributed by atoms with Gasteiger partial charge in [-0.15, -0.1) is 13.2 Å². The molecule has 0 aromatic heterocycles. The molecule has 0 saturated carbocycles. The molecule has 7 nitrogen and oxygen atoms in total. The Bertz CT molecular complexity index is 1190. The van der Waals surface area contributed by atoms with Crippen LogP contribution in [0.5, 0.6) is 11.5 Å². The fourth-order valence-electron chi connectivity index (χ4n) is 3.70. The Morgan fingerprint density at radius 3 is 2.49 bits per heavy atom. The average molecular weight is 547 g/mol. The summed E-state index contributed by atoms with van der Waals surface area (Å²) in [7, 11) is 0. The molecule has 2 unspecified atom stereocenters. The van der Waals surface area contributed by atoms with E-state index in [1.165, 1.54) is 29.3 Å². The first-order chi connectivity index (χ1) is 17.5. The molecular formula is C24H22ClF5N3O4+. The summed E-state index contributed by atoms with van der Waals surface area (Å²) in [5.41, 5.74) is 1.00. The monoisotopic (exact) mass is 546 g/mol. The first kappa shape index (κ1) is 26.9. The molecule has 0 amide bonds. The molecule has 2 atom stereocenters. The topological polar surface area (TPSA) is 63.5 Å². The Balaban J connectivity index is 1.32. The van der Waals surface area contributed by atoms with E-state index in [1.54, 1.807) is 30.3 Å². The highest BCUT2D eigenvalue weighted by molar-refractivity contribution is 6.32. The van der Waals surface area contributed by atoms with Crippen LogP contribution in [0.4, 0.5) is 22.1 Å². The lowest BCUT2D eigenvalue weighted by molar-refractivity contribution is -1.19. The lowest BCUT2D eigenvalue weighted by Crippen LogP contribution is -2.43. The van der Waals surface area contributed by atoms with E-state index in [1.807, 2.05) is 0 Å². The smallest absolute Gasteiger partial charge is 0.489 e. The van der Waals surface area contributed by atoms with E-state index in [9.17, 15) is 27.2 Å². The number of allylic oxidation sites excluding steroid dienone is 2. The number of aliphatic hydroxyl groups excluding tert-OH is 1. The zero-order chi connectivity index (χ0) is 26.6. The van der Waals surface area contributed by atoms with Crippen molar-refractivity contribution < 1.29 is 46.5 Å². The molecule has 37 heavy (non-hydrogen) atoms. The maximum atomic E-state index is 14.6. The molecule has 198 valence electrons. The number of amidine groups is 1. The standard InChI is InChI=1S/C24H22ClF5N3O4/c25-20-3-1-2-4-21(20)36-15-18(34)14-35-12-11-23-32-13-17(7-10-22(32)31-33(23,29)30)16-5-8-19(9-6-16)37-24(26,27)28/h1-10,13,18,23,34H,11-12,14-15H2/q+1. The Kier molecular flexibility index (Phi) is 8.02. The minimum Gasteiger partial charge on any atom is -0.489 e. The zero-order valence-corrected chi connectivity index (χ0v) is 19.9. The number of halogens is 6. The molecule has 1 N–H and O–H groups in total. The summed E-state index contributed by atoms with van der Waals surface area (Å²) in [5.74, 6) is 0.0424. The molecule has 0 saturated heterocycles. The summed E-state index contributed by atoms with van der Waals surface area (Å²) in [4.78, 5) is 1.29. The number of ether oxygens (including phenoxy) is 3. The van der Waals surface area contributed by atoms with Gasteiger partial charge in [-0.1, -0.05) is 35.9 Å². The molecule has 4 rings (SSSR count). The highest BCUT2D eigenvalue weighted by Crippen LogP contribution is 2.35. The summed E-state index contributed by atoms with van der Waals surface area (Å²) >= 11 is 5.99. The predicted molar refractivity (Wildman–Crippen MR) is 124 cm³/mol. The van der Waals surface area contributed by atoms with E-state index in [0.29, 0.717) is 21.9 Å². The van der Waals surface area contributed by atoms with Gasteiger partial charge in [0.15, 0.2) is 0 Å². The van der Waals surface area contributed by atoms with Crippen molar-refractivity contribution in [3.05, 3.63) is 77.5 Å². The van der Waals surface area contributed by atoms with Crippen LogP contribution in [0.2, 0.25) is 5.02 Å². The van der Waals surface area contributed by atoms with Gasteiger partial charge in [0, 0.05) is 11.3 Å². The van der Waals surface area contributed by atoms with E-state index in [4.69, 9.17) is 21.1 Å². The highest BCUT2D eigenvalue weighted by Gasteiger charge is 2.53. The van der Waals surface area contributed by atoms with E-state index in [-0.39, 0.29) is 32.1 Å². The highest BCUT2D eigenvalue weighted by atomic mass is 35.5. The zero-order valence-electron chi connectivity index (χ0n) is 19.1. The largest absolute Gasteiger partial charge is 0.573 e. The van der Waals surface area contributed by atoms with Gasteiger partial charge in [0.1, 0.15) is 24.2 Å². The number of alkyl halides is 3. The first-order valence-electron chi connectivity index (χ1n) is 11.1. The van der Waals surface area contributed by atoms with Crippen molar-refractivity contribution in [3.8, 4) is 11.5 Å². The van der Waals surface area contributed by atoms with Crippen LogP contribution in [0.1, 0.15) is 12.0 Å².